The fourth-order valence-electron chi connectivity index (χ4n) is 6.63. The van der Waals surface area contributed by atoms with Crippen molar-refractivity contribution in [2.24, 2.45) is 0 Å². The van der Waals surface area contributed by atoms with Crippen LogP contribution in [0.15, 0.2) is 84.9 Å². The number of carbonyl (C=O) groups excluding carboxylic acids is 2. The molecule has 1 aliphatic heterocycles. The van der Waals surface area contributed by atoms with Crippen LogP contribution in [-0.2, 0) is 6.54 Å². The van der Waals surface area contributed by atoms with Gasteiger partial charge in [0.05, 0.1) is 35.8 Å². The Labute approximate surface area is 224 Å². The second kappa shape index (κ2) is 8.08. The highest BCUT2D eigenvalue weighted by Crippen LogP contribution is 2.47. The van der Waals surface area contributed by atoms with Gasteiger partial charge >= 0.3 is 0 Å². The molecule has 0 radical (unpaired) electrons. The SMILES string of the molecule is COc1ccc(CN2C(=O)c3c(c4c5ccccc5n(C5CC=CC5)c4c4[nH]c5ccccc5c34)C2=O)cc1. The summed E-state index contributed by atoms with van der Waals surface area (Å²) in [6.07, 6.45) is 6.32. The lowest BCUT2D eigenvalue weighted by Crippen LogP contribution is -2.29. The maximum absolute atomic E-state index is 14.3. The zero-order chi connectivity index (χ0) is 26.2. The Morgan fingerprint density at radius 3 is 2.23 bits per heavy atom. The van der Waals surface area contributed by atoms with Gasteiger partial charge < -0.3 is 14.3 Å². The number of para-hydroxylation sites is 2. The number of carbonyl (C=O) groups is 2. The summed E-state index contributed by atoms with van der Waals surface area (Å²) in [6.45, 7) is 0.201. The Hall–Kier alpha value is -4.84. The number of nitrogens with one attached hydrogen (secondary N) is 1. The van der Waals surface area contributed by atoms with Crippen molar-refractivity contribution >= 4 is 55.4 Å². The number of methoxy groups -OCH3 is 1. The number of benzene rings is 4. The molecule has 39 heavy (non-hydrogen) atoms. The minimum Gasteiger partial charge on any atom is -0.497 e. The van der Waals surface area contributed by atoms with Crippen molar-refractivity contribution in [2.45, 2.75) is 25.4 Å². The fourth-order valence-corrected chi connectivity index (χ4v) is 6.63. The molecule has 0 saturated heterocycles. The summed E-state index contributed by atoms with van der Waals surface area (Å²) in [4.78, 5) is 33.5. The second-order valence-electron chi connectivity index (χ2n) is 10.4. The number of aromatic amines is 1. The molecule has 0 bridgehead atoms. The number of nitrogens with zero attached hydrogens (tertiary/aromatic N) is 2. The molecule has 8 rings (SSSR count). The predicted molar refractivity (Wildman–Crippen MR) is 153 cm³/mol. The Kier molecular flexibility index (Phi) is 4.59. The van der Waals surface area contributed by atoms with Gasteiger partial charge in [0, 0.05) is 38.6 Å². The van der Waals surface area contributed by atoms with Crippen LogP contribution in [0, 0.1) is 0 Å². The molecule has 0 spiro atoms. The number of hydrogen-bond acceptors (Lipinski definition) is 3. The van der Waals surface area contributed by atoms with E-state index < -0.39 is 0 Å². The normalized spacial score (nSPS) is 15.6. The Morgan fingerprint density at radius 1 is 0.821 bits per heavy atom. The summed E-state index contributed by atoms with van der Waals surface area (Å²) in [7, 11) is 1.62. The van der Waals surface area contributed by atoms with Gasteiger partial charge in [0.25, 0.3) is 11.8 Å². The van der Waals surface area contributed by atoms with E-state index in [-0.39, 0.29) is 24.4 Å². The van der Waals surface area contributed by atoms with E-state index in [1.807, 2.05) is 60.7 Å². The predicted octanol–water partition coefficient (Wildman–Crippen LogP) is 7.12. The molecule has 0 atom stereocenters. The van der Waals surface area contributed by atoms with Crippen LogP contribution >= 0.6 is 0 Å². The number of aromatic nitrogens is 2. The first-order valence-corrected chi connectivity index (χ1v) is 13.3. The van der Waals surface area contributed by atoms with Gasteiger partial charge in [-0.05, 0) is 42.7 Å². The standard InChI is InChI=1S/C33H25N3O3/c1-39-21-16-14-19(15-17-21)18-35-32(37)28-26-22-10-4-6-12-24(22)34-30(26)31-27(29(28)33(35)38)23-11-5-7-13-25(23)36(31)20-8-2-3-9-20/h2-7,10-17,20,34H,8-9,18H2,1H3. The van der Waals surface area contributed by atoms with Crippen LogP contribution in [0.1, 0.15) is 45.2 Å². The van der Waals surface area contributed by atoms with Crippen molar-refractivity contribution in [1.29, 1.82) is 0 Å². The van der Waals surface area contributed by atoms with Crippen molar-refractivity contribution in [2.75, 3.05) is 7.11 Å². The quantitative estimate of drug-likeness (QED) is 0.202. The van der Waals surface area contributed by atoms with E-state index in [1.165, 1.54) is 4.90 Å². The van der Waals surface area contributed by atoms with Gasteiger partial charge in [0.15, 0.2) is 0 Å². The molecule has 4 aromatic carbocycles. The van der Waals surface area contributed by atoms with E-state index in [9.17, 15) is 9.59 Å². The first-order chi connectivity index (χ1) is 19.2. The minimum atomic E-state index is -0.248. The zero-order valence-corrected chi connectivity index (χ0v) is 21.4. The number of H-pyrrole nitrogens is 1. The molecular formula is C33H25N3O3. The molecule has 1 N–H and O–H groups in total. The van der Waals surface area contributed by atoms with Crippen LogP contribution in [0.2, 0.25) is 0 Å². The molecule has 0 fully saturated rings. The van der Waals surface area contributed by atoms with Crippen LogP contribution in [0.4, 0.5) is 0 Å². The third-order valence-electron chi connectivity index (χ3n) is 8.37. The van der Waals surface area contributed by atoms with Crippen LogP contribution < -0.4 is 4.74 Å². The maximum atomic E-state index is 14.3. The summed E-state index contributed by atoms with van der Waals surface area (Å²) in [5, 5.41) is 3.66. The molecule has 2 amide bonds. The lowest BCUT2D eigenvalue weighted by Gasteiger charge is -2.16. The van der Waals surface area contributed by atoms with Gasteiger partial charge in [0.1, 0.15) is 5.75 Å². The van der Waals surface area contributed by atoms with Gasteiger partial charge in [-0.25, -0.2) is 0 Å². The Balaban J connectivity index is 1.47. The number of fused-ring (bicyclic) bond motifs is 10. The third-order valence-corrected chi connectivity index (χ3v) is 8.37. The summed E-state index contributed by atoms with van der Waals surface area (Å²) in [5.74, 6) is 0.245. The smallest absolute Gasteiger partial charge is 0.262 e. The van der Waals surface area contributed by atoms with Crippen molar-refractivity contribution in [3.8, 4) is 5.75 Å². The van der Waals surface area contributed by atoms with Crippen molar-refractivity contribution in [3.05, 3.63) is 102 Å². The third kappa shape index (κ3) is 2.97. The molecule has 3 heterocycles. The van der Waals surface area contributed by atoms with Gasteiger partial charge in [-0.15, -0.1) is 0 Å². The van der Waals surface area contributed by atoms with E-state index in [2.05, 4.69) is 33.8 Å². The number of imide groups is 1. The average molecular weight is 512 g/mol. The highest BCUT2D eigenvalue weighted by molar-refractivity contribution is 6.39. The zero-order valence-electron chi connectivity index (χ0n) is 21.4. The van der Waals surface area contributed by atoms with Crippen LogP contribution in [-0.4, -0.2) is 33.4 Å². The second-order valence-corrected chi connectivity index (χ2v) is 10.4. The summed E-state index contributed by atoms with van der Waals surface area (Å²) in [6, 6.07) is 24.1. The highest BCUT2D eigenvalue weighted by Gasteiger charge is 2.41. The first-order valence-electron chi connectivity index (χ1n) is 13.3. The number of rotatable bonds is 4. The van der Waals surface area contributed by atoms with Gasteiger partial charge in [0.2, 0.25) is 0 Å². The molecule has 0 unspecified atom stereocenters. The van der Waals surface area contributed by atoms with E-state index in [0.29, 0.717) is 11.1 Å². The van der Waals surface area contributed by atoms with Gasteiger partial charge in [-0.1, -0.05) is 60.7 Å². The molecule has 6 aromatic rings. The lowest BCUT2D eigenvalue weighted by molar-refractivity contribution is 0.0643. The van der Waals surface area contributed by atoms with E-state index >= 15 is 0 Å². The molecule has 2 aliphatic rings. The monoisotopic (exact) mass is 511 g/mol. The van der Waals surface area contributed by atoms with Crippen LogP contribution in [0.25, 0.3) is 43.6 Å². The molecular weight excluding hydrogens is 486 g/mol. The molecule has 0 saturated carbocycles. The van der Waals surface area contributed by atoms with Crippen molar-refractivity contribution in [1.82, 2.24) is 14.5 Å². The molecule has 6 nitrogen and oxygen atoms in total. The van der Waals surface area contributed by atoms with Crippen molar-refractivity contribution in [3.63, 3.8) is 0 Å². The summed E-state index contributed by atoms with van der Waals surface area (Å²) >= 11 is 0. The number of ether oxygens (including phenoxy) is 1. The lowest BCUT2D eigenvalue weighted by atomic mass is 9.96. The molecule has 190 valence electrons. The number of hydrogen-bond donors (Lipinski definition) is 1. The fraction of sp³-hybridized carbons (Fsp3) is 0.152. The van der Waals surface area contributed by atoms with E-state index in [0.717, 1.165) is 67.8 Å². The average Bonchev–Trinajstić information content (AvgIpc) is 3.74. The van der Waals surface area contributed by atoms with Gasteiger partial charge in [-0.2, -0.15) is 0 Å². The Bertz CT molecular complexity index is 2020. The number of allylic oxidation sites excluding steroid dienone is 2. The Morgan fingerprint density at radius 2 is 1.49 bits per heavy atom. The molecule has 6 heteroatoms. The van der Waals surface area contributed by atoms with Gasteiger partial charge in [-0.3, -0.25) is 14.5 Å². The summed E-state index contributed by atoms with van der Waals surface area (Å²) < 4.78 is 7.68. The first kappa shape index (κ1) is 22.2. The maximum Gasteiger partial charge on any atom is 0.262 e. The number of amides is 2. The van der Waals surface area contributed by atoms with Crippen LogP contribution in [0.5, 0.6) is 5.75 Å². The van der Waals surface area contributed by atoms with E-state index in [1.54, 1.807) is 7.11 Å². The largest absolute Gasteiger partial charge is 0.497 e. The molecule has 1 aliphatic carbocycles. The highest BCUT2D eigenvalue weighted by atomic mass is 16.5. The minimum absolute atomic E-state index is 0.201. The van der Waals surface area contributed by atoms with E-state index in [4.69, 9.17) is 4.74 Å². The van der Waals surface area contributed by atoms with Crippen LogP contribution in [0.3, 0.4) is 0 Å². The summed E-state index contributed by atoms with van der Waals surface area (Å²) in [5.41, 5.74) is 5.85. The van der Waals surface area contributed by atoms with Crippen molar-refractivity contribution < 1.29 is 14.3 Å². The topological polar surface area (TPSA) is 67.3 Å². The molecule has 2 aromatic heterocycles.